The smallest absolute Gasteiger partial charge is 0.258 e. The summed E-state index contributed by atoms with van der Waals surface area (Å²) in [6, 6.07) is 7.93. The molecule has 1 aromatic heterocycles. The molecule has 0 saturated carbocycles. The average Bonchev–Trinajstić information content (AvgIpc) is 2.95. The van der Waals surface area contributed by atoms with E-state index in [9.17, 15) is 14.4 Å². The number of fused-ring (bicyclic) bond motifs is 4. The van der Waals surface area contributed by atoms with Gasteiger partial charge in [0.15, 0.2) is 0 Å². The first-order valence-corrected chi connectivity index (χ1v) is 14.5. The lowest BCUT2D eigenvalue weighted by atomic mass is 9.87. The number of likely N-dealkylation sites (N-methyl/N-ethyl adjacent to an activating group) is 1. The van der Waals surface area contributed by atoms with E-state index in [1.54, 1.807) is 18.9 Å². The Balaban J connectivity index is 1.73. The fourth-order valence-electron chi connectivity index (χ4n) is 5.16. The van der Waals surface area contributed by atoms with Gasteiger partial charge in [0.2, 0.25) is 11.8 Å². The zero-order chi connectivity index (χ0) is 30.1. The lowest BCUT2D eigenvalue weighted by Crippen LogP contribution is -2.61. The molecule has 3 heterocycles. The topological polar surface area (TPSA) is 107 Å². The molecule has 2 aromatic rings. The van der Waals surface area contributed by atoms with Crippen LogP contribution in [-0.2, 0) is 14.4 Å². The molecule has 220 valence electrons. The van der Waals surface area contributed by atoms with Crippen LogP contribution in [0.4, 0.5) is 0 Å². The van der Waals surface area contributed by atoms with Crippen molar-refractivity contribution in [2.75, 3.05) is 13.6 Å². The van der Waals surface area contributed by atoms with E-state index in [1.807, 2.05) is 71.0 Å². The third-order valence-corrected chi connectivity index (χ3v) is 8.32. The van der Waals surface area contributed by atoms with Crippen LogP contribution in [0.1, 0.15) is 71.7 Å². The molecule has 3 amide bonds. The van der Waals surface area contributed by atoms with Gasteiger partial charge in [-0.2, -0.15) is 0 Å². The highest BCUT2D eigenvalue weighted by atomic mass is 16.2. The molecule has 2 aliphatic heterocycles. The molecule has 0 radical (unpaired) electrons. The summed E-state index contributed by atoms with van der Waals surface area (Å²) in [5.41, 5.74) is 5.98. The van der Waals surface area contributed by atoms with Crippen molar-refractivity contribution >= 4 is 34.7 Å². The summed E-state index contributed by atoms with van der Waals surface area (Å²) in [7, 11) is 1.77. The quantitative estimate of drug-likeness (QED) is 0.488. The van der Waals surface area contributed by atoms with E-state index in [-0.39, 0.29) is 29.7 Å². The molecule has 1 saturated heterocycles. The van der Waals surface area contributed by atoms with Gasteiger partial charge >= 0.3 is 0 Å². The van der Waals surface area contributed by atoms with Gasteiger partial charge in [0, 0.05) is 30.1 Å². The molecule has 1 fully saturated rings. The zero-order valence-corrected chi connectivity index (χ0v) is 25.3. The van der Waals surface area contributed by atoms with Crippen LogP contribution in [0.3, 0.4) is 0 Å². The third-order valence-electron chi connectivity index (χ3n) is 8.32. The SMILES string of the molecule is C=C1N[C@@H](C(C)C)C(=O)N[C@@H](C)C(=O)N2CCC[C@H](N2)C(=O)N(C)[C@H](C)c2ccc3ccc(cc3n2)/C=C/C1(C)C. The van der Waals surface area contributed by atoms with Crippen molar-refractivity contribution in [3.63, 3.8) is 0 Å². The lowest BCUT2D eigenvalue weighted by Gasteiger charge is -2.37. The minimum atomic E-state index is -0.777. The number of carbonyl (C=O) groups excluding carboxylic acids is 3. The van der Waals surface area contributed by atoms with Crippen molar-refractivity contribution in [2.45, 2.75) is 78.6 Å². The molecular weight excluding hydrogens is 516 g/mol. The summed E-state index contributed by atoms with van der Waals surface area (Å²) in [6.07, 6.45) is 5.38. The molecule has 5 bridgehead atoms. The summed E-state index contributed by atoms with van der Waals surface area (Å²) in [4.78, 5) is 46.9. The Morgan fingerprint density at radius 3 is 2.46 bits per heavy atom. The number of carbonyl (C=O) groups is 3. The van der Waals surface area contributed by atoms with Crippen molar-refractivity contribution in [3.05, 3.63) is 59.9 Å². The summed E-state index contributed by atoms with van der Waals surface area (Å²) < 4.78 is 0. The highest BCUT2D eigenvalue weighted by molar-refractivity contribution is 5.90. The van der Waals surface area contributed by atoms with E-state index in [0.717, 1.165) is 22.2 Å². The van der Waals surface area contributed by atoms with Gasteiger partial charge in [-0.1, -0.05) is 64.6 Å². The highest BCUT2D eigenvalue weighted by Gasteiger charge is 2.35. The van der Waals surface area contributed by atoms with E-state index in [1.165, 1.54) is 5.01 Å². The minimum Gasteiger partial charge on any atom is -0.377 e. The molecule has 1 aromatic carbocycles. The van der Waals surface area contributed by atoms with Gasteiger partial charge in [-0.25, -0.2) is 5.43 Å². The standard InChI is InChI=1S/C32H44N6O3/c1-19(2)28-29(39)33-20(3)30(40)38-17-9-10-26(36-38)31(41)37(8)21(4)25-14-13-24-12-11-23(18-27(24)35-25)15-16-32(6,7)22(5)34-28/h11-16,18-21,26,28,34,36H,5,9-10,17H2,1-4,6-8H3,(H,33,39)/b16-15+/t20-,21+,26-,28-/m0/s1. The molecule has 9 heteroatoms. The average molecular weight is 561 g/mol. The predicted molar refractivity (Wildman–Crippen MR) is 162 cm³/mol. The second-order valence-electron chi connectivity index (χ2n) is 12.3. The van der Waals surface area contributed by atoms with Crippen LogP contribution < -0.4 is 16.1 Å². The van der Waals surface area contributed by atoms with Crippen molar-refractivity contribution < 1.29 is 14.4 Å². The van der Waals surface area contributed by atoms with Gasteiger partial charge < -0.3 is 15.5 Å². The Morgan fingerprint density at radius 2 is 1.76 bits per heavy atom. The lowest BCUT2D eigenvalue weighted by molar-refractivity contribution is -0.146. The summed E-state index contributed by atoms with van der Waals surface area (Å²) >= 11 is 0. The van der Waals surface area contributed by atoms with Crippen LogP contribution in [0.2, 0.25) is 0 Å². The first-order chi connectivity index (χ1) is 19.3. The summed E-state index contributed by atoms with van der Waals surface area (Å²) in [5, 5.41) is 8.70. The number of nitrogens with one attached hydrogen (secondary N) is 3. The number of allylic oxidation sites excluding steroid dienone is 1. The second kappa shape index (κ2) is 12.0. The van der Waals surface area contributed by atoms with Crippen molar-refractivity contribution in [1.82, 2.24) is 31.0 Å². The minimum absolute atomic E-state index is 0.0520. The molecule has 3 N–H and O–H groups in total. The number of nitrogens with zero attached hydrogens (tertiary/aromatic N) is 3. The van der Waals surface area contributed by atoms with E-state index in [2.05, 4.69) is 28.7 Å². The van der Waals surface area contributed by atoms with Crippen LogP contribution in [0, 0.1) is 11.3 Å². The Labute approximate surface area is 243 Å². The fraction of sp³-hybridized carbons (Fsp3) is 0.500. The van der Waals surface area contributed by atoms with Gasteiger partial charge in [-0.3, -0.25) is 24.4 Å². The van der Waals surface area contributed by atoms with Crippen LogP contribution >= 0.6 is 0 Å². The normalized spacial score (nSPS) is 27.1. The van der Waals surface area contributed by atoms with Crippen LogP contribution in [0.15, 0.2) is 48.7 Å². The van der Waals surface area contributed by atoms with Crippen molar-refractivity contribution in [3.8, 4) is 0 Å². The van der Waals surface area contributed by atoms with Gasteiger partial charge in [0.1, 0.15) is 18.1 Å². The number of hydrogen-bond acceptors (Lipinski definition) is 6. The Kier molecular flexibility index (Phi) is 8.87. The Hall–Kier alpha value is -3.72. The number of benzene rings is 1. The summed E-state index contributed by atoms with van der Waals surface area (Å²) in [6.45, 7) is 16.4. The monoisotopic (exact) mass is 560 g/mol. The van der Waals surface area contributed by atoms with E-state index >= 15 is 0 Å². The number of hydrazine groups is 1. The molecular formula is C32H44N6O3. The molecule has 41 heavy (non-hydrogen) atoms. The molecule has 4 atom stereocenters. The Bertz CT molecular complexity index is 1370. The number of aromatic nitrogens is 1. The van der Waals surface area contributed by atoms with Crippen LogP contribution in [-0.4, -0.2) is 64.3 Å². The van der Waals surface area contributed by atoms with Crippen molar-refractivity contribution in [2.24, 2.45) is 11.3 Å². The second-order valence-corrected chi connectivity index (χ2v) is 12.3. The highest BCUT2D eigenvalue weighted by Crippen LogP contribution is 2.28. The number of amides is 3. The molecule has 9 nitrogen and oxygen atoms in total. The fourth-order valence-corrected chi connectivity index (χ4v) is 5.16. The maximum absolute atomic E-state index is 13.5. The number of pyridine rings is 1. The molecule has 0 unspecified atom stereocenters. The van der Waals surface area contributed by atoms with E-state index in [4.69, 9.17) is 4.98 Å². The van der Waals surface area contributed by atoms with E-state index < -0.39 is 23.5 Å². The molecule has 0 spiro atoms. The first kappa shape index (κ1) is 30.2. The number of rotatable bonds is 1. The molecule has 4 rings (SSSR count). The largest absolute Gasteiger partial charge is 0.377 e. The predicted octanol–water partition coefficient (Wildman–Crippen LogP) is 3.94. The van der Waals surface area contributed by atoms with Gasteiger partial charge in [0.25, 0.3) is 5.91 Å². The van der Waals surface area contributed by atoms with Gasteiger partial charge in [0.05, 0.1) is 17.3 Å². The molecule has 0 aliphatic carbocycles. The maximum atomic E-state index is 13.5. The first-order valence-electron chi connectivity index (χ1n) is 14.5. The Morgan fingerprint density at radius 1 is 1.05 bits per heavy atom. The van der Waals surface area contributed by atoms with Crippen LogP contribution in [0.25, 0.3) is 17.0 Å². The van der Waals surface area contributed by atoms with Gasteiger partial charge in [-0.15, -0.1) is 0 Å². The number of hydrogen-bond donors (Lipinski definition) is 3. The molecule has 2 aliphatic rings. The zero-order valence-electron chi connectivity index (χ0n) is 25.3. The third kappa shape index (κ3) is 6.62. The van der Waals surface area contributed by atoms with Crippen molar-refractivity contribution in [1.29, 1.82) is 0 Å². The van der Waals surface area contributed by atoms with E-state index in [0.29, 0.717) is 25.1 Å². The summed E-state index contributed by atoms with van der Waals surface area (Å²) in [5.74, 6) is -0.722. The van der Waals surface area contributed by atoms with Crippen LogP contribution in [0.5, 0.6) is 0 Å². The maximum Gasteiger partial charge on any atom is 0.258 e. The van der Waals surface area contributed by atoms with Gasteiger partial charge in [-0.05, 0) is 50.3 Å².